The summed E-state index contributed by atoms with van der Waals surface area (Å²) in [6.45, 7) is 9.20. The topological polar surface area (TPSA) is 110 Å². The summed E-state index contributed by atoms with van der Waals surface area (Å²) in [5.41, 5.74) is 5.94. The molecule has 3 aliphatic rings. The standard InChI is InChI=1S/C28H42N2O7/c1-5-30(6-2)23(24(29)31)28(15-11-8-12-16-28)26(32)34-18-20-21(33-17-19-13-9-7-10-14-19)22-25(35-20)37-27(3,4)36-22/h7,9-10,13-14,20-23,25H,5-6,8,11-12,15-18H2,1-4H3,(H2,29,31). The maximum atomic E-state index is 13.8. The van der Waals surface area contributed by atoms with Crippen LogP contribution in [0.25, 0.3) is 0 Å². The molecule has 206 valence electrons. The summed E-state index contributed by atoms with van der Waals surface area (Å²) in [6.07, 6.45) is 1.75. The predicted octanol–water partition coefficient (Wildman–Crippen LogP) is 3.14. The van der Waals surface area contributed by atoms with Crippen molar-refractivity contribution in [2.24, 2.45) is 11.1 Å². The van der Waals surface area contributed by atoms with E-state index in [-0.39, 0.29) is 6.61 Å². The fourth-order valence-electron chi connectivity index (χ4n) is 6.11. The zero-order chi connectivity index (χ0) is 26.6. The van der Waals surface area contributed by atoms with Crippen molar-refractivity contribution in [1.82, 2.24) is 4.90 Å². The molecule has 5 unspecified atom stereocenters. The quantitative estimate of drug-likeness (QED) is 0.445. The van der Waals surface area contributed by atoms with E-state index in [2.05, 4.69) is 0 Å². The van der Waals surface area contributed by atoms with E-state index in [0.717, 1.165) is 24.8 Å². The molecule has 0 aromatic heterocycles. The number of amides is 1. The van der Waals surface area contributed by atoms with Gasteiger partial charge in [-0.2, -0.15) is 0 Å². The van der Waals surface area contributed by atoms with Gasteiger partial charge in [-0.25, -0.2) is 0 Å². The van der Waals surface area contributed by atoms with E-state index in [1.807, 2.05) is 62.9 Å². The number of carbonyl (C=O) groups excluding carboxylic acids is 2. The van der Waals surface area contributed by atoms with Gasteiger partial charge >= 0.3 is 5.97 Å². The van der Waals surface area contributed by atoms with Crippen LogP contribution in [0.5, 0.6) is 0 Å². The van der Waals surface area contributed by atoms with Crippen LogP contribution < -0.4 is 5.73 Å². The minimum atomic E-state index is -0.972. The molecule has 0 spiro atoms. The van der Waals surface area contributed by atoms with Gasteiger partial charge in [0.05, 0.1) is 12.0 Å². The van der Waals surface area contributed by atoms with Gasteiger partial charge in [0, 0.05) is 0 Å². The highest BCUT2D eigenvalue weighted by Crippen LogP contribution is 2.44. The van der Waals surface area contributed by atoms with E-state index < -0.39 is 53.7 Å². The number of rotatable bonds is 11. The zero-order valence-electron chi connectivity index (χ0n) is 22.5. The molecule has 9 nitrogen and oxygen atoms in total. The highest BCUT2D eigenvalue weighted by molar-refractivity contribution is 5.90. The smallest absolute Gasteiger partial charge is 0.314 e. The molecule has 0 radical (unpaired) electrons. The van der Waals surface area contributed by atoms with Crippen molar-refractivity contribution in [3.05, 3.63) is 35.9 Å². The summed E-state index contributed by atoms with van der Waals surface area (Å²) >= 11 is 0. The van der Waals surface area contributed by atoms with E-state index in [4.69, 9.17) is 29.4 Å². The maximum absolute atomic E-state index is 13.8. The molecular formula is C28H42N2O7. The number of nitrogens with zero attached hydrogens (tertiary/aromatic N) is 1. The SMILES string of the molecule is CCN(CC)C(C(N)=O)C1(C(=O)OCC2OC3OC(C)(C)OC3C2OCc2ccccc2)CCCCC1. The number of likely N-dealkylation sites (N-methyl/N-ethyl adjacent to an activating group) is 1. The first-order valence-electron chi connectivity index (χ1n) is 13.6. The highest BCUT2D eigenvalue weighted by Gasteiger charge is 2.57. The van der Waals surface area contributed by atoms with Crippen molar-refractivity contribution < 1.29 is 33.3 Å². The number of nitrogens with two attached hydrogens (primary N) is 1. The second-order valence-corrected chi connectivity index (χ2v) is 10.7. The minimum absolute atomic E-state index is 0.0239. The number of ether oxygens (including phenoxy) is 5. The summed E-state index contributed by atoms with van der Waals surface area (Å²) in [5.74, 6) is -1.68. The Hall–Kier alpha value is -2.04. The molecule has 1 aromatic rings. The average Bonchev–Trinajstić information content (AvgIpc) is 3.35. The Morgan fingerprint density at radius 1 is 1.08 bits per heavy atom. The molecule has 9 heteroatoms. The number of benzene rings is 1. The normalized spacial score (nSPS) is 29.1. The Morgan fingerprint density at radius 3 is 2.38 bits per heavy atom. The Labute approximate surface area is 219 Å². The molecule has 2 saturated heterocycles. The van der Waals surface area contributed by atoms with Gasteiger partial charge in [-0.05, 0) is 45.3 Å². The fourth-order valence-corrected chi connectivity index (χ4v) is 6.11. The van der Waals surface area contributed by atoms with E-state index in [1.165, 1.54) is 0 Å². The van der Waals surface area contributed by atoms with Crippen LogP contribution >= 0.6 is 0 Å². The molecule has 3 fully saturated rings. The third-order valence-corrected chi connectivity index (χ3v) is 7.87. The molecule has 1 aromatic carbocycles. The van der Waals surface area contributed by atoms with Gasteiger partial charge in [0.15, 0.2) is 12.1 Å². The molecule has 2 heterocycles. The lowest BCUT2D eigenvalue weighted by Crippen LogP contribution is -2.59. The van der Waals surface area contributed by atoms with Crippen LogP contribution in [0.2, 0.25) is 0 Å². The monoisotopic (exact) mass is 518 g/mol. The maximum Gasteiger partial charge on any atom is 0.314 e. The summed E-state index contributed by atoms with van der Waals surface area (Å²) in [6, 6.07) is 9.13. The molecule has 37 heavy (non-hydrogen) atoms. The average molecular weight is 519 g/mol. The number of carbonyl (C=O) groups is 2. The van der Waals surface area contributed by atoms with E-state index in [0.29, 0.717) is 32.5 Å². The Kier molecular flexibility index (Phi) is 8.91. The van der Waals surface area contributed by atoms with E-state index in [9.17, 15) is 9.59 Å². The number of fused-ring (bicyclic) bond motifs is 1. The van der Waals surface area contributed by atoms with Crippen molar-refractivity contribution in [1.29, 1.82) is 0 Å². The van der Waals surface area contributed by atoms with Gasteiger partial charge < -0.3 is 29.4 Å². The second kappa shape index (κ2) is 11.8. The van der Waals surface area contributed by atoms with Gasteiger partial charge in [0.1, 0.15) is 31.0 Å². The van der Waals surface area contributed by atoms with Crippen LogP contribution in [0.3, 0.4) is 0 Å². The summed E-state index contributed by atoms with van der Waals surface area (Å²) in [7, 11) is 0. The Bertz CT molecular complexity index is 914. The van der Waals surface area contributed by atoms with Gasteiger partial charge in [0.25, 0.3) is 0 Å². The molecule has 5 atom stereocenters. The first-order valence-corrected chi connectivity index (χ1v) is 13.6. The molecule has 4 rings (SSSR count). The lowest BCUT2D eigenvalue weighted by Gasteiger charge is -2.44. The van der Waals surface area contributed by atoms with Gasteiger partial charge in [0.2, 0.25) is 5.91 Å². The molecule has 1 aliphatic carbocycles. The van der Waals surface area contributed by atoms with E-state index in [1.54, 1.807) is 0 Å². The molecule has 0 bridgehead atoms. The molecule has 1 amide bonds. The lowest BCUT2D eigenvalue weighted by molar-refractivity contribution is -0.226. The fraction of sp³-hybridized carbons (Fsp3) is 0.714. The first kappa shape index (κ1) is 28.0. The van der Waals surface area contributed by atoms with Crippen molar-refractivity contribution in [2.75, 3.05) is 19.7 Å². The summed E-state index contributed by atoms with van der Waals surface area (Å²) in [4.78, 5) is 28.4. The number of esters is 1. The van der Waals surface area contributed by atoms with Crippen LogP contribution in [-0.4, -0.2) is 72.9 Å². The minimum Gasteiger partial charge on any atom is -0.462 e. The second-order valence-electron chi connectivity index (χ2n) is 10.7. The van der Waals surface area contributed by atoms with E-state index >= 15 is 0 Å². The first-order chi connectivity index (χ1) is 17.7. The van der Waals surface area contributed by atoms with Crippen molar-refractivity contribution in [2.45, 2.75) is 103 Å². The molecular weight excluding hydrogens is 476 g/mol. The summed E-state index contributed by atoms with van der Waals surface area (Å²) < 4.78 is 30.4. The Balaban J connectivity index is 1.50. The van der Waals surface area contributed by atoms with Crippen LogP contribution in [0.15, 0.2) is 30.3 Å². The van der Waals surface area contributed by atoms with Gasteiger partial charge in [-0.15, -0.1) is 0 Å². The van der Waals surface area contributed by atoms with Crippen molar-refractivity contribution in [3.63, 3.8) is 0 Å². The zero-order valence-corrected chi connectivity index (χ0v) is 22.5. The van der Waals surface area contributed by atoms with Crippen molar-refractivity contribution >= 4 is 11.9 Å². The Morgan fingerprint density at radius 2 is 1.76 bits per heavy atom. The summed E-state index contributed by atoms with van der Waals surface area (Å²) in [5, 5.41) is 0. The largest absolute Gasteiger partial charge is 0.462 e. The van der Waals surface area contributed by atoms with Crippen LogP contribution in [-0.2, 0) is 39.9 Å². The number of hydrogen-bond acceptors (Lipinski definition) is 8. The molecule has 1 saturated carbocycles. The number of primary amides is 1. The number of hydrogen-bond donors (Lipinski definition) is 1. The van der Waals surface area contributed by atoms with Gasteiger partial charge in [-0.1, -0.05) is 63.4 Å². The van der Waals surface area contributed by atoms with Crippen LogP contribution in [0.4, 0.5) is 0 Å². The van der Waals surface area contributed by atoms with Gasteiger partial charge in [-0.3, -0.25) is 14.5 Å². The predicted molar refractivity (Wildman–Crippen MR) is 136 cm³/mol. The van der Waals surface area contributed by atoms with Crippen LogP contribution in [0.1, 0.15) is 65.4 Å². The van der Waals surface area contributed by atoms with Crippen LogP contribution in [0, 0.1) is 5.41 Å². The van der Waals surface area contributed by atoms with Crippen molar-refractivity contribution in [3.8, 4) is 0 Å². The molecule has 2 aliphatic heterocycles. The third-order valence-electron chi connectivity index (χ3n) is 7.87. The molecule has 2 N–H and O–H groups in total. The lowest BCUT2D eigenvalue weighted by atomic mass is 9.68. The highest BCUT2D eigenvalue weighted by atomic mass is 16.8. The third kappa shape index (κ3) is 6.01.